The largest absolute Gasteiger partial charge is 0.502 e. The second kappa shape index (κ2) is 5.40. The SMILES string of the molecule is O=C1C(O)=C(c2ccc(F)cc2)C(=O)N1Cc1ccccn1. The van der Waals surface area contributed by atoms with Gasteiger partial charge in [0.25, 0.3) is 11.8 Å². The van der Waals surface area contributed by atoms with Gasteiger partial charge in [0, 0.05) is 6.20 Å². The smallest absolute Gasteiger partial charge is 0.296 e. The number of nitrogens with zero attached hydrogens (tertiary/aromatic N) is 2. The van der Waals surface area contributed by atoms with Crippen LogP contribution in [0.3, 0.4) is 0 Å². The first kappa shape index (κ1) is 13.9. The second-order valence-electron chi connectivity index (χ2n) is 4.75. The minimum Gasteiger partial charge on any atom is -0.502 e. The van der Waals surface area contributed by atoms with E-state index < -0.39 is 23.4 Å². The van der Waals surface area contributed by atoms with Crippen LogP contribution >= 0.6 is 0 Å². The molecule has 1 N–H and O–H groups in total. The first-order valence-electron chi connectivity index (χ1n) is 6.53. The van der Waals surface area contributed by atoms with Crippen molar-refractivity contribution in [3.05, 3.63) is 71.5 Å². The molecule has 0 atom stereocenters. The third-order valence-corrected chi connectivity index (χ3v) is 3.32. The van der Waals surface area contributed by atoms with E-state index in [1.807, 2.05) is 0 Å². The molecule has 2 heterocycles. The number of aliphatic hydroxyl groups excluding tert-OH is 1. The van der Waals surface area contributed by atoms with E-state index in [4.69, 9.17) is 0 Å². The lowest BCUT2D eigenvalue weighted by Gasteiger charge is -2.13. The molecule has 3 rings (SSSR count). The van der Waals surface area contributed by atoms with Gasteiger partial charge in [-0.25, -0.2) is 4.39 Å². The van der Waals surface area contributed by atoms with Gasteiger partial charge in [0.2, 0.25) is 0 Å². The Bertz CT molecular complexity index is 770. The average molecular weight is 298 g/mol. The van der Waals surface area contributed by atoms with Crippen LogP contribution in [0.5, 0.6) is 0 Å². The van der Waals surface area contributed by atoms with E-state index in [-0.39, 0.29) is 12.1 Å². The fourth-order valence-electron chi connectivity index (χ4n) is 2.24. The summed E-state index contributed by atoms with van der Waals surface area (Å²) in [7, 11) is 0. The van der Waals surface area contributed by atoms with Crippen molar-refractivity contribution < 1.29 is 19.1 Å². The zero-order chi connectivity index (χ0) is 15.7. The van der Waals surface area contributed by atoms with E-state index in [9.17, 15) is 19.1 Å². The summed E-state index contributed by atoms with van der Waals surface area (Å²) < 4.78 is 13.0. The van der Waals surface area contributed by atoms with Gasteiger partial charge in [-0.1, -0.05) is 18.2 Å². The van der Waals surface area contributed by atoms with Crippen LogP contribution in [-0.2, 0) is 16.1 Å². The highest BCUT2D eigenvalue weighted by atomic mass is 19.1. The maximum Gasteiger partial charge on any atom is 0.296 e. The van der Waals surface area contributed by atoms with Crippen LogP contribution in [0.25, 0.3) is 5.57 Å². The number of benzene rings is 1. The predicted molar refractivity (Wildman–Crippen MR) is 75.7 cm³/mol. The molecule has 0 spiro atoms. The van der Waals surface area contributed by atoms with E-state index in [0.717, 1.165) is 17.0 Å². The monoisotopic (exact) mass is 298 g/mol. The number of amides is 2. The van der Waals surface area contributed by atoms with Crippen LogP contribution in [0.2, 0.25) is 0 Å². The summed E-state index contributed by atoms with van der Waals surface area (Å²) in [4.78, 5) is 29.4. The Morgan fingerprint density at radius 3 is 2.41 bits per heavy atom. The van der Waals surface area contributed by atoms with Crippen molar-refractivity contribution in [1.29, 1.82) is 0 Å². The summed E-state index contributed by atoms with van der Waals surface area (Å²) in [5.74, 6) is -2.51. The highest BCUT2D eigenvalue weighted by Crippen LogP contribution is 2.28. The topological polar surface area (TPSA) is 70.5 Å². The summed E-state index contributed by atoms with van der Waals surface area (Å²) in [6.45, 7) is -0.0345. The molecule has 0 unspecified atom stereocenters. The maximum absolute atomic E-state index is 13.0. The third-order valence-electron chi connectivity index (χ3n) is 3.32. The van der Waals surface area contributed by atoms with Crippen LogP contribution in [0.15, 0.2) is 54.4 Å². The molecule has 6 heteroatoms. The molecule has 0 saturated heterocycles. The summed E-state index contributed by atoms with van der Waals surface area (Å²) in [5.41, 5.74) is 0.694. The lowest BCUT2D eigenvalue weighted by molar-refractivity contribution is -0.138. The molecule has 0 bridgehead atoms. The number of carbonyl (C=O) groups is 2. The zero-order valence-electron chi connectivity index (χ0n) is 11.4. The van der Waals surface area contributed by atoms with Crippen molar-refractivity contribution in [2.75, 3.05) is 0 Å². The van der Waals surface area contributed by atoms with Gasteiger partial charge < -0.3 is 5.11 Å². The molecule has 1 aromatic heterocycles. The molecule has 2 amide bonds. The summed E-state index contributed by atoms with van der Waals surface area (Å²) in [6, 6.07) is 10.1. The van der Waals surface area contributed by atoms with Crippen molar-refractivity contribution in [2.24, 2.45) is 0 Å². The van der Waals surface area contributed by atoms with Gasteiger partial charge in [0.05, 0.1) is 17.8 Å². The molecule has 1 aliphatic rings. The second-order valence-corrected chi connectivity index (χ2v) is 4.75. The lowest BCUT2D eigenvalue weighted by atomic mass is 10.1. The van der Waals surface area contributed by atoms with Crippen LogP contribution in [-0.4, -0.2) is 26.8 Å². The van der Waals surface area contributed by atoms with E-state index in [1.54, 1.807) is 24.4 Å². The summed E-state index contributed by atoms with van der Waals surface area (Å²) in [6.07, 6.45) is 1.55. The van der Waals surface area contributed by atoms with Gasteiger partial charge in [-0.3, -0.25) is 19.5 Å². The Morgan fingerprint density at radius 1 is 1.05 bits per heavy atom. The molecule has 2 aromatic rings. The van der Waals surface area contributed by atoms with Gasteiger partial charge in [0.15, 0.2) is 5.76 Å². The number of aromatic nitrogens is 1. The number of hydrogen-bond acceptors (Lipinski definition) is 4. The van der Waals surface area contributed by atoms with Crippen molar-refractivity contribution >= 4 is 17.4 Å². The number of rotatable bonds is 3. The van der Waals surface area contributed by atoms with Crippen LogP contribution in [0.1, 0.15) is 11.3 Å². The first-order valence-corrected chi connectivity index (χ1v) is 6.53. The van der Waals surface area contributed by atoms with E-state index in [1.165, 1.54) is 12.1 Å². The lowest BCUT2D eigenvalue weighted by Crippen LogP contribution is -2.31. The number of carbonyl (C=O) groups excluding carboxylic acids is 2. The number of pyridine rings is 1. The average Bonchev–Trinajstić information content (AvgIpc) is 2.73. The number of aliphatic hydroxyl groups is 1. The Hall–Kier alpha value is -3.02. The molecule has 1 aliphatic heterocycles. The predicted octanol–water partition coefficient (Wildman–Crippen LogP) is 2.06. The van der Waals surface area contributed by atoms with Gasteiger partial charge in [-0.15, -0.1) is 0 Å². The zero-order valence-corrected chi connectivity index (χ0v) is 11.4. The molecule has 5 nitrogen and oxygen atoms in total. The molecule has 0 saturated carbocycles. The van der Waals surface area contributed by atoms with Crippen molar-refractivity contribution in [3.63, 3.8) is 0 Å². The molecule has 22 heavy (non-hydrogen) atoms. The normalized spacial score (nSPS) is 14.9. The molecular weight excluding hydrogens is 287 g/mol. The molecule has 0 radical (unpaired) electrons. The first-order chi connectivity index (χ1) is 10.6. The number of halogens is 1. The fourth-order valence-corrected chi connectivity index (χ4v) is 2.24. The molecule has 1 aromatic carbocycles. The standard InChI is InChI=1S/C16H11FN2O3/c17-11-6-4-10(5-7-11)13-14(20)16(22)19(15(13)21)9-12-3-1-2-8-18-12/h1-8,20H,9H2. The number of hydrogen-bond donors (Lipinski definition) is 1. The van der Waals surface area contributed by atoms with E-state index >= 15 is 0 Å². The Labute approximate surface area is 125 Å². The van der Waals surface area contributed by atoms with Gasteiger partial charge >= 0.3 is 0 Å². The molecule has 0 aliphatic carbocycles. The van der Waals surface area contributed by atoms with Crippen LogP contribution in [0, 0.1) is 5.82 Å². The van der Waals surface area contributed by atoms with Gasteiger partial charge in [-0.05, 0) is 29.8 Å². The Kier molecular flexibility index (Phi) is 3.42. The minimum absolute atomic E-state index is 0.0345. The number of imide groups is 1. The van der Waals surface area contributed by atoms with Crippen LogP contribution in [0.4, 0.5) is 4.39 Å². The summed E-state index contributed by atoms with van der Waals surface area (Å²) in [5, 5.41) is 9.95. The minimum atomic E-state index is -0.782. The van der Waals surface area contributed by atoms with Gasteiger partial charge in [-0.2, -0.15) is 0 Å². The Morgan fingerprint density at radius 2 is 1.77 bits per heavy atom. The fraction of sp³-hybridized carbons (Fsp3) is 0.0625. The van der Waals surface area contributed by atoms with Crippen molar-refractivity contribution in [3.8, 4) is 0 Å². The maximum atomic E-state index is 13.0. The molecular formula is C16H11FN2O3. The van der Waals surface area contributed by atoms with Gasteiger partial charge in [0.1, 0.15) is 5.82 Å². The van der Waals surface area contributed by atoms with E-state index in [2.05, 4.69) is 4.98 Å². The van der Waals surface area contributed by atoms with E-state index in [0.29, 0.717) is 11.3 Å². The molecule has 110 valence electrons. The highest BCUT2D eigenvalue weighted by Gasteiger charge is 2.39. The summed E-state index contributed by atoms with van der Waals surface area (Å²) >= 11 is 0. The quantitative estimate of drug-likeness (QED) is 0.881. The molecule has 0 fully saturated rings. The van der Waals surface area contributed by atoms with Crippen LogP contribution < -0.4 is 0 Å². The van der Waals surface area contributed by atoms with Crippen molar-refractivity contribution in [2.45, 2.75) is 6.54 Å². The highest BCUT2D eigenvalue weighted by molar-refractivity contribution is 6.34. The Balaban J connectivity index is 1.92. The van der Waals surface area contributed by atoms with Crippen molar-refractivity contribution in [1.82, 2.24) is 9.88 Å². The third kappa shape index (κ3) is 2.35.